The smallest absolute Gasteiger partial charge is 0.326 e. The topological polar surface area (TPSA) is 284 Å². The number of carboxylic acids is 1. The highest BCUT2D eigenvalue weighted by atomic mass is 16.4. The maximum atomic E-state index is 14.0. The summed E-state index contributed by atoms with van der Waals surface area (Å²) in [5.41, 5.74) is 7.55. The highest BCUT2D eigenvalue weighted by molar-refractivity contribution is 6.00. The highest BCUT2D eigenvalue weighted by Gasteiger charge is 2.32. The maximum Gasteiger partial charge on any atom is 0.326 e. The zero-order valence-corrected chi connectivity index (χ0v) is 36.3. The van der Waals surface area contributed by atoms with Crippen molar-refractivity contribution < 1.29 is 48.3 Å². The van der Waals surface area contributed by atoms with Gasteiger partial charge in [0.05, 0.1) is 13.1 Å². The predicted molar refractivity (Wildman–Crippen MR) is 236 cm³/mol. The molecule has 8 amide bonds. The number of hydrogen-bond acceptors (Lipinski definition) is 9. The van der Waals surface area contributed by atoms with Crippen LogP contribution >= 0.6 is 0 Å². The molecule has 18 nitrogen and oxygen atoms in total. The summed E-state index contributed by atoms with van der Waals surface area (Å²) in [5, 5.41) is 27.1. The van der Waals surface area contributed by atoms with E-state index >= 15 is 0 Å². The summed E-state index contributed by atoms with van der Waals surface area (Å²) in [4.78, 5) is 116. The minimum Gasteiger partial charge on any atom is -0.480 e. The minimum atomic E-state index is -1.27. The molecule has 342 valence electrons. The van der Waals surface area contributed by atoms with Crippen molar-refractivity contribution in [1.82, 2.24) is 37.2 Å². The Hall–Kier alpha value is -7.37. The lowest BCUT2D eigenvalue weighted by atomic mass is 9.99. The van der Waals surface area contributed by atoms with Gasteiger partial charge in [-0.1, -0.05) is 119 Å². The number of aliphatic carboxylic acids is 1. The van der Waals surface area contributed by atoms with Gasteiger partial charge >= 0.3 is 5.97 Å². The van der Waals surface area contributed by atoms with Crippen LogP contribution in [0, 0.1) is 11.8 Å². The first-order valence-electron chi connectivity index (χ1n) is 20.8. The van der Waals surface area contributed by atoms with E-state index in [4.69, 9.17) is 5.73 Å². The second-order valence-electron chi connectivity index (χ2n) is 15.8. The summed E-state index contributed by atoms with van der Waals surface area (Å²) >= 11 is 0. The molecule has 0 aromatic heterocycles. The fourth-order valence-corrected chi connectivity index (χ4v) is 6.32. The number of hydrogen-bond donors (Lipinski definition) is 9. The average Bonchev–Trinajstić information content (AvgIpc) is 3.25. The number of amides is 8. The van der Waals surface area contributed by atoms with Gasteiger partial charge in [0.2, 0.25) is 47.3 Å². The second-order valence-corrected chi connectivity index (χ2v) is 15.8. The van der Waals surface area contributed by atoms with Gasteiger partial charge < -0.3 is 48.1 Å². The Bertz CT molecular complexity index is 2100. The molecule has 0 bridgehead atoms. The summed E-state index contributed by atoms with van der Waals surface area (Å²) in [7, 11) is 0. The molecule has 18 heteroatoms. The van der Waals surface area contributed by atoms with Crippen molar-refractivity contribution in [2.75, 3.05) is 13.1 Å². The van der Waals surface area contributed by atoms with Crippen molar-refractivity contribution in [2.24, 2.45) is 17.6 Å². The molecular weight excluding hydrogens is 825 g/mol. The first-order valence-corrected chi connectivity index (χ1v) is 20.8. The summed E-state index contributed by atoms with van der Waals surface area (Å²) in [6.07, 6.45) is 1.90. The van der Waals surface area contributed by atoms with Crippen LogP contribution in [0.25, 0.3) is 0 Å². The molecule has 0 aliphatic carbocycles. The second kappa shape index (κ2) is 26.2. The Morgan fingerprint density at radius 1 is 0.516 bits per heavy atom. The van der Waals surface area contributed by atoms with Crippen LogP contribution in [0.3, 0.4) is 0 Å². The molecule has 0 spiro atoms. The van der Waals surface area contributed by atoms with Gasteiger partial charge in [0.25, 0.3) is 0 Å². The number of benzene rings is 3. The van der Waals surface area contributed by atoms with E-state index in [1.165, 1.54) is 0 Å². The Labute approximate surface area is 372 Å². The van der Waals surface area contributed by atoms with Crippen LogP contribution in [0.2, 0.25) is 0 Å². The van der Waals surface area contributed by atoms with Gasteiger partial charge in [-0.3, -0.25) is 38.4 Å². The van der Waals surface area contributed by atoms with Gasteiger partial charge in [0.1, 0.15) is 30.2 Å². The first kappa shape index (κ1) is 51.0. The molecule has 10 N–H and O–H groups in total. The number of nitrogens with one attached hydrogen (secondary N) is 7. The van der Waals surface area contributed by atoms with Crippen molar-refractivity contribution >= 4 is 53.2 Å². The fourth-order valence-electron chi connectivity index (χ4n) is 6.32. The Morgan fingerprint density at radius 2 is 0.938 bits per heavy atom. The van der Waals surface area contributed by atoms with E-state index < -0.39 is 96.5 Å². The van der Waals surface area contributed by atoms with E-state index in [1.54, 1.807) is 105 Å². The molecule has 3 aromatic rings. The van der Waals surface area contributed by atoms with Gasteiger partial charge in [-0.05, 0) is 34.9 Å². The fraction of sp³-hybridized carbons (Fsp3) is 0.370. The van der Waals surface area contributed by atoms with Crippen LogP contribution in [0.4, 0.5) is 0 Å². The lowest BCUT2D eigenvalue weighted by Crippen LogP contribution is -2.59. The Kier molecular flexibility index (Phi) is 20.9. The summed E-state index contributed by atoms with van der Waals surface area (Å²) in [6.45, 7) is 6.00. The summed E-state index contributed by atoms with van der Waals surface area (Å²) in [6, 6.07) is 20.4. The van der Waals surface area contributed by atoms with Gasteiger partial charge in [0, 0.05) is 31.4 Å². The molecule has 0 radical (unpaired) electrons. The van der Waals surface area contributed by atoms with Crippen LogP contribution < -0.4 is 43.0 Å². The third-order valence-corrected chi connectivity index (χ3v) is 9.61. The highest BCUT2D eigenvalue weighted by Crippen LogP contribution is 2.11. The Balaban J connectivity index is 1.68. The summed E-state index contributed by atoms with van der Waals surface area (Å²) in [5.74, 6) is -7.70. The van der Waals surface area contributed by atoms with E-state index in [2.05, 4.69) is 37.2 Å². The molecule has 0 saturated carbocycles. The molecule has 5 atom stereocenters. The molecule has 0 saturated heterocycles. The lowest BCUT2D eigenvalue weighted by Gasteiger charge is -2.27. The van der Waals surface area contributed by atoms with Crippen LogP contribution in [0.15, 0.2) is 103 Å². The number of carbonyl (C=O) groups is 9. The molecule has 0 aliphatic rings. The first-order chi connectivity index (χ1) is 30.4. The molecule has 0 unspecified atom stereocenters. The quantitative estimate of drug-likeness (QED) is 0.0522. The van der Waals surface area contributed by atoms with Crippen LogP contribution in [-0.4, -0.2) is 102 Å². The monoisotopic (exact) mass is 882 g/mol. The summed E-state index contributed by atoms with van der Waals surface area (Å²) < 4.78 is 0. The normalized spacial score (nSPS) is 13.3. The standard InChI is InChI=1S/C46H58N8O10/c1-28(2)22-33(45(62)54-41(29(3)4)42(47)59)52-44(61)35(24-31-16-10-6-11-17-31)53-43(60)34(23-30-14-8-5-9-15-30)50-38(56)21-20-37(55)48-26-39(57)49-27-40(58)51-36(46(63)64)25-32-18-12-7-13-19-32/h5-21,28-29,33-36,41H,22-27H2,1-4H3,(H2,47,59)(H,48,55)(H,49,57)(H,50,56)(H,51,58)(H,52,61)(H,53,60)(H,54,62)(H,63,64)/b21-20+/t33-,34-,35-,36-,41-/m0/s1. The van der Waals surface area contributed by atoms with Gasteiger partial charge in [0.15, 0.2) is 0 Å². The van der Waals surface area contributed by atoms with Gasteiger partial charge in [-0.2, -0.15) is 0 Å². The van der Waals surface area contributed by atoms with Gasteiger partial charge in [-0.25, -0.2) is 4.79 Å². The number of carbonyl (C=O) groups excluding carboxylic acids is 8. The molecular formula is C46H58N8O10. The zero-order valence-electron chi connectivity index (χ0n) is 36.3. The zero-order chi connectivity index (χ0) is 47.2. The molecule has 3 aromatic carbocycles. The van der Waals surface area contributed by atoms with E-state index in [0.717, 1.165) is 12.2 Å². The van der Waals surface area contributed by atoms with E-state index in [1.807, 2.05) is 13.8 Å². The third kappa shape index (κ3) is 18.7. The van der Waals surface area contributed by atoms with E-state index in [0.29, 0.717) is 16.7 Å². The largest absolute Gasteiger partial charge is 0.480 e. The minimum absolute atomic E-state index is 0.00573. The average molecular weight is 883 g/mol. The Morgan fingerprint density at radius 3 is 1.39 bits per heavy atom. The molecule has 0 fully saturated rings. The number of nitrogens with two attached hydrogens (primary N) is 1. The van der Waals surface area contributed by atoms with Crippen LogP contribution in [-0.2, 0) is 62.4 Å². The van der Waals surface area contributed by atoms with Crippen molar-refractivity contribution in [3.8, 4) is 0 Å². The third-order valence-electron chi connectivity index (χ3n) is 9.61. The number of primary amides is 1. The molecule has 0 heterocycles. The predicted octanol–water partition coefficient (Wildman–Crippen LogP) is 0.199. The maximum absolute atomic E-state index is 14.0. The van der Waals surface area contributed by atoms with Crippen molar-refractivity contribution in [2.45, 2.75) is 83.6 Å². The van der Waals surface area contributed by atoms with Crippen LogP contribution in [0.1, 0.15) is 50.8 Å². The molecule has 64 heavy (non-hydrogen) atoms. The van der Waals surface area contributed by atoms with Gasteiger partial charge in [-0.15, -0.1) is 0 Å². The lowest BCUT2D eigenvalue weighted by molar-refractivity contribution is -0.141. The van der Waals surface area contributed by atoms with E-state index in [9.17, 15) is 48.3 Å². The van der Waals surface area contributed by atoms with Crippen molar-refractivity contribution in [1.29, 1.82) is 0 Å². The van der Waals surface area contributed by atoms with Crippen LogP contribution in [0.5, 0.6) is 0 Å². The van der Waals surface area contributed by atoms with Crippen molar-refractivity contribution in [3.05, 3.63) is 120 Å². The molecule has 3 rings (SSSR count). The van der Waals surface area contributed by atoms with E-state index in [-0.39, 0.29) is 37.5 Å². The number of rotatable bonds is 25. The molecule has 0 aliphatic heterocycles. The SMILES string of the molecule is CC(C)C[C@H](NC(=O)[C@H](Cc1ccccc1)NC(=O)[C@H](Cc1ccccc1)NC(=O)/C=C/C(=O)NCC(=O)NCC(=O)N[C@@H](Cc1ccccc1)C(=O)O)C(=O)N[C@H](C(N)=O)C(C)C. The van der Waals surface area contributed by atoms with Crippen molar-refractivity contribution in [3.63, 3.8) is 0 Å². The number of carboxylic acid groups (broad SMARTS) is 1.